The van der Waals surface area contributed by atoms with Gasteiger partial charge in [-0.1, -0.05) is 11.6 Å². The summed E-state index contributed by atoms with van der Waals surface area (Å²) in [6, 6.07) is 0. The van der Waals surface area contributed by atoms with Crippen LogP contribution in [-0.2, 0) is 14.1 Å². The summed E-state index contributed by atoms with van der Waals surface area (Å²) in [5, 5.41) is 8.76. The molecule has 0 saturated carbocycles. The van der Waals surface area contributed by atoms with Gasteiger partial charge < -0.3 is 0 Å². The minimum Gasteiger partial charge on any atom is -0.289 e. The van der Waals surface area contributed by atoms with Crippen LogP contribution in [-0.4, -0.2) is 25.3 Å². The standard InChI is InChI=1S/C13H15ClN4O/c1-8-13(9(2)17(3)16-8)12(19)6-5-11-10(14)7-15-18(11)4/h5-7H,1-4H3/b6-5+. The first-order chi connectivity index (χ1) is 8.91. The lowest BCUT2D eigenvalue weighted by Crippen LogP contribution is -2.00. The molecule has 0 amide bonds. The largest absolute Gasteiger partial charge is 0.289 e. The van der Waals surface area contributed by atoms with Crippen molar-refractivity contribution in [3.8, 4) is 0 Å². The number of hydrogen-bond donors (Lipinski definition) is 0. The first kappa shape index (κ1) is 13.5. The molecule has 0 unspecified atom stereocenters. The number of hydrogen-bond acceptors (Lipinski definition) is 3. The Morgan fingerprint density at radius 3 is 2.47 bits per heavy atom. The molecule has 0 aliphatic rings. The van der Waals surface area contributed by atoms with Gasteiger partial charge in [-0.3, -0.25) is 14.2 Å². The summed E-state index contributed by atoms with van der Waals surface area (Å²) in [5.41, 5.74) is 2.92. The molecule has 5 nitrogen and oxygen atoms in total. The van der Waals surface area contributed by atoms with Gasteiger partial charge in [0.15, 0.2) is 5.78 Å². The van der Waals surface area contributed by atoms with E-state index in [1.807, 2.05) is 20.9 Å². The van der Waals surface area contributed by atoms with Crippen molar-refractivity contribution in [1.82, 2.24) is 19.6 Å². The van der Waals surface area contributed by atoms with Crippen molar-refractivity contribution in [3.63, 3.8) is 0 Å². The van der Waals surface area contributed by atoms with Gasteiger partial charge in [-0.25, -0.2) is 0 Å². The zero-order chi connectivity index (χ0) is 14.2. The van der Waals surface area contributed by atoms with Crippen molar-refractivity contribution in [2.45, 2.75) is 13.8 Å². The average Bonchev–Trinajstić information content (AvgIpc) is 2.78. The maximum absolute atomic E-state index is 12.2. The normalized spacial score (nSPS) is 11.4. The summed E-state index contributed by atoms with van der Waals surface area (Å²) in [5.74, 6) is -0.0830. The molecule has 0 radical (unpaired) electrons. The second-order valence-electron chi connectivity index (χ2n) is 4.37. The number of allylic oxidation sites excluding steroid dienone is 1. The minimum atomic E-state index is -0.0830. The fourth-order valence-corrected chi connectivity index (χ4v) is 2.20. The number of carbonyl (C=O) groups excluding carboxylic acids is 1. The number of nitrogens with zero attached hydrogens (tertiary/aromatic N) is 4. The topological polar surface area (TPSA) is 52.7 Å². The van der Waals surface area contributed by atoms with E-state index in [0.29, 0.717) is 16.3 Å². The summed E-state index contributed by atoms with van der Waals surface area (Å²) in [7, 11) is 3.59. The highest BCUT2D eigenvalue weighted by Crippen LogP contribution is 2.17. The van der Waals surface area contributed by atoms with Crippen LogP contribution in [0.2, 0.25) is 5.02 Å². The summed E-state index contributed by atoms with van der Waals surface area (Å²) in [6.07, 6.45) is 4.72. The molecule has 2 rings (SSSR count). The van der Waals surface area contributed by atoms with Gasteiger partial charge in [0, 0.05) is 19.8 Å². The van der Waals surface area contributed by atoms with Crippen LogP contribution in [0, 0.1) is 13.8 Å². The number of aryl methyl sites for hydroxylation is 3. The van der Waals surface area contributed by atoms with Crippen molar-refractivity contribution in [2.24, 2.45) is 14.1 Å². The maximum atomic E-state index is 12.2. The number of carbonyl (C=O) groups is 1. The highest BCUT2D eigenvalue weighted by molar-refractivity contribution is 6.31. The zero-order valence-electron chi connectivity index (χ0n) is 11.3. The monoisotopic (exact) mass is 278 g/mol. The molecule has 2 aromatic heterocycles. The van der Waals surface area contributed by atoms with Crippen molar-refractivity contribution < 1.29 is 4.79 Å². The molecule has 19 heavy (non-hydrogen) atoms. The highest BCUT2D eigenvalue weighted by atomic mass is 35.5. The van der Waals surface area contributed by atoms with E-state index < -0.39 is 0 Å². The summed E-state index contributed by atoms with van der Waals surface area (Å²) < 4.78 is 3.32. The van der Waals surface area contributed by atoms with Gasteiger partial charge in [0.2, 0.25) is 0 Å². The number of halogens is 1. The van der Waals surface area contributed by atoms with Crippen LogP contribution in [0.25, 0.3) is 6.08 Å². The second-order valence-corrected chi connectivity index (χ2v) is 4.78. The van der Waals surface area contributed by atoms with Crippen molar-refractivity contribution in [2.75, 3.05) is 0 Å². The molecular weight excluding hydrogens is 264 g/mol. The van der Waals surface area contributed by atoms with Gasteiger partial charge in [0.05, 0.1) is 28.2 Å². The zero-order valence-corrected chi connectivity index (χ0v) is 12.1. The third-order valence-electron chi connectivity index (χ3n) is 3.09. The Labute approximate surface area is 116 Å². The lowest BCUT2D eigenvalue weighted by Gasteiger charge is -1.98. The molecule has 0 atom stereocenters. The van der Waals surface area contributed by atoms with Gasteiger partial charge in [-0.05, 0) is 26.0 Å². The molecule has 0 N–H and O–H groups in total. The molecule has 0 spiro atoms. The van der Waals surface area contributed by atoms with Gasteiger partial charge >= 0.3 is 0 Å². The average molecular weight is 279 g/mol. The van der Waals surface area contributed by atoms with Gasteiger partial charge in [-0.15, -0.1) is 0 Å². The van der Waals surface area contributed by atoms with Crippen LogP contribution in [0.15, 0.2) is 12.3 Å². The Morgan fingerprint density at radius 2 is 2.00 bits per heavy atom. The van der Waals surface area contributed by atoms with E-state index in [2.05, 4.69) is 10.2 Å². The fraction of sp³-hybridized carbons (Fsp3) is 0.308. The summed E-state index contributed by atoms with van der Waals surface area (Å²) in [6.45, 7) is 3.70. The first-order valence-electron chi connectivity index (χ1n) is 5.82. The van der Waals surface area contributed by atoms with Gasteiger partial charge in [0.1, 0.15) is 0 Å². The molecule has 2 aromatic rings. The summed E-state index contributed by atoms with van der Waals surface area (Å²) >= 11 is 5.98. The van der Waals surface area contributed by atoms with E-state index in [4.69, 9.17) is 11.6 Å². The molecule has 100 valence electrons. The Balaban J connectivity index is 2.32. The Bertz CT molecular complexity index is 647. The molecule has 0 aromatic carbocycles. The third-order valence-corrected chi connectivity index (χ3v) is 3.38. The first-order valence-corrected chi connectivity index (χ1v) is 6.19. The molecule has 0 saturated heterocycles. The Kier molecular flexibility index (Phi) is 3.57. The van der Waals surface area contributed by atoms with Crippen molar-refractivity contribution in [1.29, 1.82) is 0 Å². The van der Waals surface area contributed by atoms with E-state index in [1.54, 1.807) is 28.7 Å². The molecule has 2 heterocycles. The van der Waals surface area contributed by atoms with Gasteiger partial charge in [-0.2, -0.15) is 10.2 Å². The van der Waals surface area contributed by atoms with E-state index in [9.17, 15) is 4.79 Å². The predicted molar refractivity (Wildman–Crippen MR) is 74.3 cm³/mol. The molecule has 0 aliphatic carbocycles. The van der Waals surface area contributed by atoms with Crippen molar-refractivity contribution in [3.05, 3.63) is 39.9 Å². The SMILES string of the molecule is Cc1nn(C)c(C)c1C(=O)/C=C/c1c(Cl)cnn1C. The molecule has 0 bridgehead atoms. The Morgan fingerprint density at radius 1 is 1.32 bits per heavy atom. The highest BCUT2D eigenvalue weighted by Gasteiger charge is 2.15. The van der Waals surface area contributed by atoms with Crippen LogP contribution in [0.3, 0.4) is 0 Å². The van der Waals surface area contributed by atoms with E-state index in [1.165, 1.54) is 6.08 Å². The molecular formula is C13H15ClN4O. The third kappa shape index (κ3) is 2.46. The summed E-state index contributed by atoms with van der Waals surface area (Å²) in [4.78, 5) is 12.2. The van der Waals surface area contributed by atoms with E-state index in [-0.39, 0.29) is 5.78 Å². The maximum Gasteiger partial charge on any atom is 0.189 e. The van der Waals surface area contributed by atoms with Crippen molar-refractivity contribution >= 4 is 23.5 Å². The van der Waals surface area contributed by atoms with Crippen LogP contribution in [0.5, 0.6) is 0 Å². The number of aromatic nitrogens is 4. The number of ketones is 1. The lowest BCUT2D eigenvalue weighted by atomic mass is 10.1. The lowest BCUT2D eigenvalue weighted by molar-refractivity contribution is 0.104. The smallest absolute Gasteiger partial charge is 0.189 e. The number of rotatable bonds is 3. The predicted octanol–water partition coefficient (Wildman–Crippen LogP) is 2.32. The van der Waals surface area contributed by atoms with Crippen LogP contribution < -0.4 is 0 Å². The fourth-order valence-electron chi connectivity index (χ4n) is 1.98. The quantitative estimate of drug-likeness (QED) is 0.639. The molecule has 6 heteroatoms. The van der Waals surface area contributed by atoms with Crippen LogP contribution in [0.1, 0.15) is 27.4 Å². The Hall–Kier alpha value is -1.88. The van der Waals surface area contributed by atoms with E-state index in [0.717, 1.165) is 11.4 Å². The second kappa shape index (κ2) is 5.01. The minimum absolute atomic E-state index is 0.0830. The molecule has 0 fully saturated rings. The van der Waals surface area contributed by atoms with Gasteiger partial charge in [0.25, 0.3) is 0 Å². The molecule has 0 aliphatic heterocycles. The van der Waals surface area contributed by atoms with Crippen LogP contribution in [0.4, 0.5) is 0 Å². The van der Waals surface area contributed by atoms with E-state index >= 15 is 0 Å². The van der Waals surface area contributed by atoms with Crippen LogP contribution >= 0.6 is 11.6 Å².